The zero-order valence-electron chi connectivity index (χ0n) is 7.95. The van der Waals surface area contributed by atoms with Crippen LogP contribution in [0.4, 0.5) is 0 Å². The van der Waals surface area contributed by atoms with Crippen LogP contribution in [0.3, 0.4) is 0 Å². The Morgan fingerprint density at radius 3 is 2.77 bits per heavy atom. The SMILES string of the molecule is Cc1cc(=O)n(CCCO)c(C)n1. The number of rotatable bonds is 3. The highest BCUT2D eigenvalue weighted by atomic mass is 16.3. The van der Waals surface area contributed by atoms with Gasteiger partial charge in [-0.3, -0.25) is 9.36 Å². The topological polar surface area (TPSA) is 55.1 Å². The van der Waals surface area contributed by atoms with E-state index in [1.54, 1.807) is 18.4 Å². The summed E-state index contributed by atoms with van der Waals surface area (Å²) in [6.45, 7) is 4.23. The minimum absolute atomic E-state index is 0.0431. The molecule has 0 bridgehead atoms. The second-order valence-electron chi connectivity index (χ2n) is 3.01. The van der Waals surface area contributed by atoms with Gasteiger partial charge in [-0.1, -0.05) is 0 Å². The number of aliphatic hydroxyl groups excluding tert-OH is 1. The van der Waals surface area contributed by atoms with Gasteiger partial charge in [-0.15, -0.1) is 0 Å². The zero-order valence-corrected chi connectivity index (χ0v) is 7.95. The summed E-state index contributed by atoms with van der Waals surface area (Å²) in [7, 11) is 0. The fourth-order valence-corrected chi connectivity index (χ4v) is 1.26. The van der Waals surface area contributed by atoms with Crippen LogP contribution in [0.25, 0.3) is 0 Å². The largest absolute Gasteiger partial charge is 0.396 e. The molecule has 0 saturated carbocycles. The fraction of sp³-hybridized carbons (Fsp3) is 0.556. The minimum Gasteiger partial charge on any atom is -0.396 e. The highest BCUT2D eigenvalue weighted by Crippen LogP contribution is 1.94. The predicted octanol–water partition coefficient (Wildman–Crippen LogP) is 0.243. The minimum atomic E-state index is -0.0431. The molecule has 13 heavy (non-hydrogen) atoms. The Hall–Kier alpha value is -1.16. The van der Waals surface area contributed by atoms with Crippen LogP contribution in [0, 0.1) is 13.8 Å². The van der Waals surface area contributed by atoms with Gasteiger partial charge in [0.2, 0.25) is 0 Å². The standard InChI is InChI=1S/C9H14N2O2/c1-7-6-9(13)11(4-3-5-12)8(2)10-7/h6,12H,3-5H2,1-2H3. The first kappa shape index (κ1) is 9.92. The highest BCUT2D eigenvalue weighted by Gasteiger charge is 2.01. The average Bonchev–Trinajstić information content (AvgIpc) is 2.02. The first-order valence-corrected chi connectivity index (χ1v) is 4.31. The second-order valence-corrected chi connectivity index (χ2v) is 3.01. The molecule has 1 N–H and O–H groups in total. The second kappa shape index (κ2) is 4.18. The van der Waals surface area contributed by atoms with Crippen molar-refractivity contribution < 1.29 is 5.11 Å². The zero-order chi connectivity index (χ0) is 9.84. The third-order valence-corrected chi connectivity index (χ3v) is 1.87. The summed E-state index contributed by atoms with van der Waals surface area (Å²) in [5.74, 6) is 0.707. The summed E-state index contributed by atoms with van der Waals surface area (Å²) in [5, 5.41) is 8.63. The van der Waals surface area contributed by atoms with E-state index in [4.69, 9.17) is 5.11 Å². The van der Waals surface area contributed by atoms with Crippen molar-refractivity contribution in [3.8, 4) is 0 Å². The molecule has 72 valence electrons. The first-order chi connectivity index (χ1) is 6.15. The van der Waals surface area contributed by atoms with Crippen LogP contribution in [-0.4, -0.2) is 21.3 Å². The molecule has 0 unspecified atom stereocenters. The van der Waals surface area contributed by atoms with E-state index in [9.17, 15) is 4.79 Å². The maximum Gasteiger partial charge on any atom is 0.253 e. The lowest BCUT2D eigenvalue weighted by Crippen LogP contribution is -2.23. The summed E-state index contributed by atoms with van der Waals surface area (Å²) < 4.78 is 1.57. The lowest BCUT2D eigenvalue weighted by molar-refractivity contribution is 0.278. The van der Waals surface area contributed by atoms with Crippen LogP contribution >= 0.6 is 0 Å². The number of aliphatic hydroxyl groups is 1. The van der Waals surface area contributed by atoms with Crippen molar-refractivity contribution in [2.45, 2.75) is 26.8 Å². The van der Waals surface area contributed by atoms with Gasteiger partial charge < -0.3 is 5.11 Å². The Morgan fingerprint density at radius 2 is 2.23 bits per heavy atom. The van der Waals surface area contributed by atoms with Crippen molar-refractivity contribution in [1.29, 1.82) is 0 Å². The molecule has 0 saturated heterocycles. The molecule has 0 spiro atoms. The molecule has 4 heteroatoms. The number of aryl methyl sites for hydroxylation is 2. The van der Waals surface area contributed by atoms with E-state index < -0.39 is 0 Å². The molecule has 1 heterocycles. The molecular formula is C9H14N2O2. The van der Waals surface area contributed by atoms with Crippen LogP contribution in [-0.2, 0) is 6.54 Å². The third-order valence-electron chi connectivity index (χ3n) is 1.87. The molecule has 4 nitrogen and oxygen atoms in total. The van der Waals surface area contributed by atoms with Crippen molar-refractivity contribution in [3.63, 3.8) is 0 Å². The fourth-order valence-electron chi connectivity index (χ4n) is 1.26. The lowest BCUT2D eigenvalue weighted by Gasteiger charge is -2.07. The van der Waals surface area contributed by atoms with Gasteiger partial charge >= 0.3 is 0 Å². The van der Waals surface area contributed by atoms with Crippen molar-refractivity contribution >= 4 is 0 Å². The summed E-state index contributed by atoms with van der Waals surface area (Å²) in [6, 6.07) is 1.50. The Balaban J connectivity index is 2.99. The van der Waals surface area contributed by atoms with Gasteiger partial charge in [-0.25, -0.2) is 4.98 Å². The number of hydrogen-bond donors (Lipinski definition) is 1. The van der Waals surface area contributed by atoms with Gasteiger partial charge in [0.25, 0.3) is 5.56 Å². The maximum atomic E-state index is 11.4. The van der Waals surface area contributed by atoms with E-state index in [1.165, 1.54) is 6.07 Å². The maximum absolute atomic E-state index is 11.4. The summed E-state index contributed by atoms with van der Waals surface area (Å²) in [6.07, 6.45) is 0.589. The van der Waals surface area contributed by atoms with Gasteiger partial charge in [0.15, 0.2) is 0 Å². The molecule has 0 fully saturated rings. The molecule has 0 aliphatic heterocycles. The van der Waals surface area contributed by atoms with Crippen molar-refractivity contribution in [1.82, 2.24) is 9.55 Å². The molecule has 1 aromatic heterocycles. The first-order valence-electron chi connectivity index (χ1n) is 4.31. The van der Waals surface area contributed by atoms with Crippen LogP contribution in [0.2, 0.25) is 0 Å². The molecular weight excluding hydrogens is 168 g/mol. The van der Waals surface area contributed by atoms with Crippen molar-refractivity contribution in [2.24, 2.45) is 0 Å². The summed E-state index contributed by atoms with van der Waals surface area (Å²) >= 11 is 0. The van der Waals surface area contributed by atoms with Crippen molar-refractivity contribution in [2.75, 3.05) is 6.61 Å². The average molecular weight is 182 g/mol. The molecule has 0 aliphatic carbocycles. The third kappa shape index (κ3) is 2.39. The van der Waals surface area contributed by atoms with Gasteiger partial charge in [0.05, 0.1) is 0 Å². The van der Waals surface area contributed by atoms with Crippen LogP contribution < -0.4 is 5.56 Å². The van der Waals surface area contributed by atoms with Crippen LogP contribution in [0.15, 0.2) is 10.9 Å². The van der Waals surface area contributed by atoms with Crippen LogP contribution in [0.5, 0.6) is 0 Å². The lowest BCUT2D eigenvalue weighted by atomic mass is 10.4. The summed E-state index contributed by atoms with van der Waals surface area (Å²) in [5.41, 5.74) is 0.696. The quantitative estimate of drug-likeness (QED) is 0.728. The van der Waals surface area contributed by atoms with Gasteiger partial charge in [-0.05, 0) is 20.3 Å². The monoisotopic (exact) mass is 182 g/mol. The van der Waals surface area contributed by atoms with Crippen LogP contribution in [0.1, 0.15) is 17.9 Å². The van der Waals surface area contributed by atoms with E-state index in [0.717, 1.165) is 5.69 Å². The number of nitrogens with zero attached hydrogens (tertiary/aromatic N) is 2. The Labute approximate surface area is 76.9 Å². The Bertz CT molecular complexity index is 344. The molecule has 1 rings (SSSR count). The summed E-state index contributed by atoms with van der Waals surface area (Å²) in [4.78, 5) is 15.6. The Kier molecular flexibility index (Phi) is 3.19. The molecule has 0 aliphatic rings. The van der Waals surface area contributed by atoms with Gasteiger partial charge in [-0.2, -0.15) is 0 Å². The van der Waals surface area contributed by atoms with E-state index in [0.29, 0.717) is 18.8 Å². The normalized spacial score (nSPS) is 10.4. The number of aromatic nitrogens is 2. The van der Waals surface area contributed by atoms with E-state index in [-0.39, 0.29) is 12.2 Å². The van der Waals surface area contributed by atoms with E-state index in [2.05, 4.69) is 4.98 Å². The molecule has 1 aromatic rings. The predicted molar refractivity (Wildman–Crippen MR) is 49.7 cm³/mol. The van der Waals surface area contributed by atoms with Crippen molar-refractivity contribution in [3.05, 3.63) is 27.9 Å². The highest BCUT2D eigenvalue weighted by molar-refractivity contribution is 5.01. The molecule has 0 amide bonds. The molecule has 0 aromatic carbocycles. The molecule has 0 atom stereocenters. The smallest absolute Gasteiger partial charge is 0.253 e. The number of hydrogen-bond acceptors (Lipinski definition) is 3. The Morgan fingerprint density at radius 1 is 1.54 bits per heavy atom. The van der Waals surface area contributed by atoms with E-state index in [1.807, 2.05) is 0 Å². The van der Waals surface area contributed by atoms with Gasteiger partial charge in [0, 0.05) is 24.9 Å². The molecule has 0 radical (unpaired) electrons. The van der Waals surface area contributed by atoms with Gasteiger partial charge in [0.1, 0.15) is 5.82 Å². The van der Waals surface area contributed by atoms with E-state index >= 15 is 0 Å².